The van der Waals surface area contributed by atoms with E-state index < -0.39 is 5.72 Å². The zero-order valence-corrected chi connectivity index (χ0v) is 14.6. The number of benzene rings is 1. The summed E-state index contributed by atoms with van der Waals surface area (Å²) in [4.78, 5) is 8.83. The smallest absolute Gasteiger partial charge is 0.225 e. The Kier molecular flexibility index (Phi) is 3.19. The van der Waals surface area contributed by atoms with E-state index in [4.69, 9.17) is 14.6 Å². The van der Waals surface area contributed by atoms with Crippen molar-refractivity contribution in [1.29, 1.82) is 0 Å². The topological polar surface area (TPSA) is 74.1 Å². The van der Waals surface area contributed by atoms with Crippen molar-refractivity contribution in [1.82, 2.24) is 19.7 Å². The first-order chi connectivity index (χ1) is 12.7. The zero-order valence-electron chi connectivity index (χ0n) is 14.6. The number of hydrogen-bond acceptors (Lipinski definition) is 6. The van der Waals surface area contributed by atoms with E-state index in [1.807, 2.05) is 42.8 Å². The zero-order chi connectivity index (χ0) is 17.7. The summed E-state index contributed by atoms with van der Waals surface area (Å²) in [5, 5.41) is 8.20. The second kappa shape index (κ2) is 5.45. The van der Waals surface area contributed by atoms with Crippen LogP contribution in [0.15, 0.2) is 42.7 Å². The monoisotopic (exact) mass is 349 g/mol. The molecule has 1 N–H and O–H groups in total. The van der Waals surface area contributed by atoms with Crippen LogP contribution in [0.25, 0.3) is 11.4 Å². The van der Waals surface area contributed by atoms with Crippen molar-refractivity contribution in [2.24, 2.45) is 0 Å². The fourth-order valence-electron chi connectivity index (χ4n) is 3.70. The predicted molar refractivity (Wildman–Crippen MR) is 96.1 cm³/mol. The highest BCUT2D eigenvalue weighted by atomic mass is 16.5. The molecule has 0 saturated heterocycles. The van der Waals surface area contributed by atoms with Gasteiger partial charge in [-0.05, 0) is 32.0 Å². The SMILES string of the molecule is CCOc1cccc2c1O[C@@]1(C)C[C@@H]2Nc2nc(-c3cccnc3)nn21. The number of anilines is 1. The predicted octanol–water partition coefficient (Wildman–Crippen LogP) is 3.36. The van der Waals surface area contributed by atoms with E-state index in [9.17, 15) is 0 Å². The van der Waals surface area contributed by atoms with Gasteiger partial charge in [-0.3, -0.25) is 4.98 Å². The second-order valence-corrected chi connectivity index (χ2v) is 6.70. The minimum Gasteiger partial charge on any atom is -0.490 e. The highest BCUT2D eigenvalue weighted by Gasteiger charge is 2.46. The van der Waals surface area contributed by atoms with Crippen LogP contribution in [0.3, 0.4) is 0 Å². The lowest BCUT2D eigenvalue weighted by Gasteiger charge is -2.44. The standard InChI is InChI=1S/C19H19N5O2/c1-3-25-15-8-4-7-13-14-10-19(2,26-16(13)15)24-18(21-14)22-17(23-24)12-6-5-9-20-11-12/h4-9,11,14H,3,10H2,1-2H3,(H,21,22,23)/t14-,19-/m0/s1. The molecule has 26 heavy (non-hydrogen) atoms. The van der Waals surface area contributed by atoms with Gasteiger partial charge in [0.2, 0.25) is 11.7 Å². The summed E-state index contributed by atoms with van der Waals surface area (Å²) in [5.74, 6) is 2.88. The molecule has 0 spiro atoms. The van der Waals surface area contributed by atoms with E-state index in [0.29, 0.717) is 18.4 Å². The van der Waals surface area contributed by atoms with Crippen LogP contribution in [0.1, 0.15) is 31.9 Å². The van der Waals surface area contributed by atoms with Gasteiger partial charge < -0.3 is 14.8 Å². The molecule has 7 nitrogen and oxygen atoms in total. The Morgan fingerprint density at radius 2 is 2.27 bits per heavy atom. The molecule has 0 amide bonds. The molecule has 5 rings (SSSR count). The summed E-state index contributed by atoms with van der Waals surface area (Å²) in [5.41, 5.74) is 1.34. The van der Waals surface area contributed by atoms with E-state index in [-0.39, 0.29) is 6.04 Å². The van der Waals surface area contributed by atoms with Gasteiger partial charge in [-0.25, -0.2) is 0 Å². The van der Waals surface area contributed by atoms with Crippen molar-refractivity contribution in [2.75, 3.05) is 11.9 Å². The van der Waals surface area contributed by atoms with Crippen LogP contribution >= 0.6 is 0 Å². The minimum atomic E-state index is -0.626. The Hall–Kier alpha value is -3.09. The summed E-state index contributed by atoms with van der Waals surface area (Å²) in [6, 6.07) is 9.94. The number of pyridine rings is 1. The third kappa shape index (κ3) is 2.16. The first-order valence-corrected chi connectivity index (χ1v) is 8.77. The van der Waals surface area contributed by atoms with E-state index in [1.165, 1.54) is 0 Å². The van der Waals surface area contributed by atoms with E-state index >= 15 is 0 Å². The molecule has 2 aliphatic rings. The molecule has 0 saturated carbocycles. The van der Waals surface area contributed by atoms with Crippen LogP contribution in [0, 0.1) is 0 Å². The molecule has 3 aromatic rings. The molecule has 0 radical (unpaired) electrons. The molecule has 2 aromatic heterocycles. The number of rotatable bonds is 3. The number of nitrogens with one attached hydrogen (secondary N) is 1. The molecule has 7 heteroatoms. The summed E-state index contributed by atoms with van der Waals surface area (Å²) in [6.07, 6.45) is 4.26. The number of ether oxygens (including phenoxy) is 2. The average Bonchev–Trinajstić information content (AvgIpc) is 3.09. The van der Waals surface area contributed by atoms with Crippen LogP contribution < -0.4 is 14.8 Å². The van der Waals surface area contributed by atoms with Crippen LogP contribution in [0.4, 0.5) is 5.95 Å². The third-order valence-corrected chi connectivity index (χ3v) is 4.87. The third-order valence-electron chi connectivity index (χ3n) is 4.87. The summed E-state index contributed by atoms with van der Waals surface area (Å²) in [6.45, 7) is 4.60. The van der Waals surface area contributed by atoms with Crippen LogP contribution in [0.2, 0.25) is 0 Å². The van der Waals surface area contributed by atoms with Gasteiger partial charge in [-0.2, -0.15) is 9.67 Å². The number of hydrogen-bond donors (Lipinski definition) is 1. The number of aromatic nitrogens is 4. The molecular formula is C19H19N5O2. The maximum atomic E-state index is 6.43. The van der Waals surface area contributed by atoms with Crippen molar-refractivity contribution >= 4 is 5.95 Å². The summed E-state index contributed by atoms with van der Waals surface area (Å²) >= 11 is 0. The number of para-hydroxylation sites is 1. The van der Waals surface area contributed by atoms with Crippen molar-refractivity contribution < 1.29 is 9.47 Å². The van der Waals surface area contributed by atoms with Gasteiger partial charge in [0.25, 0.3) is 0 Å². The fraction of sp³-hybridized carbons (Fsp3) is 0.316. The van der Waals surface area contributed by atoms with Gasteiger partial charge in [0.1, 0.15) is 0 Å². The lowest BCUT2D eigenvalue weighted by Crippen LogP contribution is -2.47. The fourth-order valence-corrected chi connectivity index (χ4v) is 3.70. The molecular weight excluding hydrogens is 330 g/mol. The molecule has 4 heterocycles. The van der Waals surface area contributed by atoms with Gasteiger partial charge in [-0.1, -0.05) is 12.1 Å². The van der Waals surface area contributed by atoms with E-state index in [2.05, 4.69) is 21.4 Å². The van der Waals surface area contributed by atoms with Gasteiger partial charge in [0, 0.05) is 29.9 Å². The molecule has 0 unspecified atom stereocenters. The summed E-state index contributed by atoms with van der Waals surface area (Å²) in [7, 11) is 0. The molecule has 2 atom stereocenters. The Labute approximate surface area is 151 Å². The molecule has 0 fully saturated rings. The van der Waals surface area contributed by atoms with E-state index in [0.717, 1.165) is 29.0 Å². The second-order valence-electron chi connectivity index (χ2n) is 6.70. The molecule has 2 aliphatic heterocycles. The Morgan fingerprint density at radius 1 is 1.35 bits per heavy atom. The highest BCUT2D eigenvalue weighted by molar-refractivity contribution is 5.58. The quantitative estimate of drug-likeness (QED) is 0.781. The molecule has 132 valence electrons. The van der Waals surface area contributed by atoms with Gasteiger partial charge in [0.15, 0.2) is 17.3 Å². The molecule has 0 aliphatic carbocycles. The van der Waals surface area contributed by atoms with Crippen molar-refractivity contribution in [3.8, 4) is 22.9 Å². The van der Waals surface area contributed by atoms with Crippen molar-refractivity contribution in [2.45, 2.75) is 32.0 Å². The Morgan fingerprint density at radius 3 is 3.08 bits per heavy atom. The van der Waals surface area contributed by atoms with Crippen LogP contribution in [0.5, 0.6) is 11.5 Å². The minimum absolute atomic E-state index is 0.0996. The van der Waals surface area contributed by atoms with Crippen molar-refractivity contribution in [3.63, 3.8) is 0 Å². The lowest BCUT2D eigenvalue weighted by atomic mass is 9.92. The van der Waals surface area contributed by atoms with Gasteiger partial charge in [-0.15, -0.1) is 5.10 Å². The number of fused-ring (bicyclic) bond motifs is 6. The molecule has 1 aromatic carbocycles. The largest absolute Gasteiger partial charge is 0.490 e. The lowest BCUT2D eigenvalue weighted by molar-refractivity contribution is -0.0367. The van der Waals surface area contributed by atoms with E-state index in [1.54, 1.807) is 12.4 Å². The van der Waals surface area contributed by atoms with Gasteiger partial charge in [0.05, 0.1) is 12.6 Å². The van der Waals surface area contributed by atoms with Crippen LogP contribution in [-0.2, 0) is 5.72 Å². The normalized spacial score (nSPS) is 22.6. The molecule has 2 bridgehead atoms. The summed E-state index contributed by atoms with van der Waals surface area (Å²) < 4.78 is 14.0. The maximum absolute atomic E-state index is 6.43. The van der Waals surface area contributed by atoms with Crippen molar-refractivity contribution in [3.05, 3.63) is 48.3 Å². The Balaban J connectivity index is 1.61. The first-order valence-electron chi connectivity index (χ1n) is 8.77. The Bertz CT molecular complexity index is 971. The first kappa shape index (κ1) is 15.2. The van der Waals surface area contributed by atoms with Gasteiger partial charge >= 0.3 is 0 Å². The average molecular weight is 349 g/mol. The number of nitrogens with zero attached hydrogens (tertiary/aromatic N) is 4. The highest BCUT2D eigenvalue weighted by Crippen LogP contribution is 2.50. The van der Waals surface area contributed by atoms with Crippen LogP contribution in [-0.4, -0.2) is 26.4 Å². The maximum Gasteiger partial charge on any atom is 0.225 e.